The van der Waals surface area contributed by atoms with Crippen LogP contribution in [0.4, 0.5) is 0 Å². The molecule has 2 aromatic rings. The van der Waals surface area contributed by atoms with Gasteiger partial charge >= 0.3 is 0 Å². The molecule has 2 aromatic carbocycles. The lowest BCUT2D eigenvalue weighted by Gasteiger charge is -2.24. The number of nitrogens with one attached hydrogen (secondary N) is 1. The Kier molecular flexibility index (Phi) is 5.38. The van der Waals surface area contributed by atoms with Gasteiger partial charge in [-0.05, 0) is 49.1 Å². The van der Waals surface area contributed by atoms with E-state index >= 15 is 0 Å². The Balaban J connectivity index is 2.16. The summed E-state index contributed by atoms with van der Waals surface area (Å²) >= 11 is 3.55. The van der Waals surface area contributed by atoms with Crippen molar-refractivity contribution in [2.45, 2.75) is 39.3 Å². The molecule has 2 heteroatoms. The Morgan fingerprint density at radius 2 is 1.85 bits per heavy atom. The third-order valence-corrected chi connectivity index (χ3v) is 4.26. The summed E-state index contributed by atoms with van der Waals surface area (Å²) in [4.78, 5) is 0. The molecule has 1 N–H and O–H groups in total. The van der Waals surface area contributed by atoms with Crippen molar-refractivity contribution in [3.63, 3.8) is 0 Å². The van der Waals surface area contributed by atoms with Crippen LogP contribution in [0, 0.1) is 6.92 Å². The summed E-state index contributed by atoms with van der Waals surface area (Å²) < 4.78 is 1.14. The highest BCUT2D eigenvalue weighted by Crippen LogP contribution is 2.25. The largest absolute Gasteiger partial charge is 0.303 e. The molecule has 2 atom stereocenters. The van der Waals surface area contributed by atoms with Gasteiger partial charge in [0.1, 0.15) is 0 Å². The highest BCUT2D eigenvalue weighted by molar-refractivity contribution is 9.10. The fourth-order valence-corrected chi connectivity index (χ4v) is 3.05. The predicted octanol–water partition coefficient (Wildman–Crippen LogP) is 5.56. The van der Waals surface area contributed by atoms with E-state index in [-0.39, 0.29) is 0 Å². The number of hydrogen-bond donors (Lipinski definition) is 1. The van der Waals surface area contributed by atoms with Gasteiger partial charge in [-0.15, -0.1) is 0 Å². The topological polar surface area (TPSA) is 12.0 Å². The maximum atomic E-state index is 3.75. The van der Waals surface area contributed by atoms with Crippen LogP contribution in [-0.4, -0.2) is 0 Å². The molecule has 0 aliphatic carbocycles. The van der Waals surface area contributed by atoms with Crippen molar-refractivity contribution in [3.8, 4) is 0 Å². The van der Waals surface area contributed by atoms with E-state index in [1.54, 1.807) is 0 Å². The average molecular weight is 332 g/mol. The molecule has 0 fully saturated rings. The molecule has 0 aromatic heterocycles. The summed E-state index contributed by atoms with van der Waals surface area (Å²) in [5, 5.41) is 3.75. The zero-order chi connectivity index (χ0) is 14.5. The van der Waals surface area contributed by atoms with Crippen LogP contribution in [0.15, 0.2) is 53.0 Å². The van der Waals surface area contributed by atoms with Gasteiger partial charge in [-0.25, -0.2) is 0 Å². The van der Waals surface area contributed by atoms with Gasteiger partial charge in [0.15, 0.2) is 0 Å². The molecule has 0 spiro atoms. The highest BCUT2D eigenvalue weighted by Gasteiger charge is 2.15. The molecule has 2 rings (SSSR count). The molecule has 20 heavy (non-hydrogen) atoms. The van der Waals surface area contributed by atoms with Crippen LogP contribution in [0.3, 0.4) is 0 Å². The van der Waals surface area contributed by atoms with Crippen LogP contribution in [0.5, 0.6) is 0 Å². The minimum absolute atomic E-state index is 0.347. The van der Waals surface area contributed by atoms with Crippen LogP contribution in [0.1, 0.15) is 49.0 Å². The molecular weight excluding hydrogens is 310 g/mol. The molecule has 0 saturated heterocycles. The Morgan fingerprint density at radius 3 is 2.50 bits per heavy atom. The first-order valence-corrected chi connectivity index (χ1v) is 7.98. The normalized spacial score (nSPS) is 14.0. The first-order chi connectivity index (χ1) is 9.61. The first kappa shape index (κ1) is 15.3. The molecule has 1 nitrogen and oxygen atoms in total. The van der Waals surface area contributed by atoms with Crippen molar-refractivity contribution >= 4 is 15.9 Å². The van der Waals surface area contributed by atoms with Gasteiger partial charge in [0.2, 0.25) is 0 Å². The van der Waals surface area contributed by atoms with Crippen molar-refractivity contribution in [2.75, 3.05) is 0 Å². The van der Waals surface area contributed by atoms with E-state index in [2.05, 4.69) is 90.5 Å². The predicted molar refractivity (Wildman–Crippen MR) is 89.9 cm³/mol. The minimum atomic E-state index is 0.347. The van der Waals surface area contributed by atoms with Crippen LogP contribution in [-0.2, 0) is 0 Å². The lowest BCUT2D eigenvalue weighted by atomic mass is 9.99. The second-order valence-corrected chi connectivity index (χ2v) is 6.18. The van der Waals surface area contributed by atoms with Crippen molar-refractivity contribution < 1.29 is 0 Å². The number of halogens is 1. The minimum Gasteiger partial charge on any atom is -0.303 e. The van der Waals surface area contributed by atoms with E-state index in [1.165, 1.54) is 16.7 Å². The Labute approximate surface area is 130 Å². The monoisotopic (exact) mass is 331 g/mol. The van der Waals surface area contributed by atoms with Gasteiger partial charge in [-0.3, -0.25) is 0 Å². The lowest BCUT2D eigenvalue weighted by Crippen LogP contribution is -2.24. The van der Waals surface area contributed by atoms with Gasteiger partial charge in [0, 0.05) is 16.6 Å². The second kappa shape index (κ2) is 7.05. The van der Waals surface area contributed by atoms with Crippen molar-refractivity contribution in [2.24, 2.45) is 0 Å². The van der Waals surface area contributed by atoms with Crippen LogP contribution >= 0.6 is 15.9 Å². The number of hydrogen-bond acceptors (Lipinski definition) is 1. The summed E-state index contributed by atoms with van der Waals surface area (Å²) in [7, 11) is 0. The van der Waals surface area contributed by atoms with Gasteiger partial charge in [-0.2, -0.15) is 0 Å². The standard InChI is InChI=1S/C18H22BrN/c1-4-18(15-9-7-10-16(19)12-15)20-14(3)17-11-6-5-8-13(17)2/h5-12,14,18,20H,4H2,1-3H3. The molecule has 0 radical (unpaired) electrons. The van der Waals surface area contributed by atoms with E-state index in [4.69, 9.17) is 0 Å². The van der Waals surface area contributed by atoms with E-state index < -0.39 is 0 Å². The quantitative estimate of drug-likeness (QED) is 0.756. The fourth-order valence-electron chi connectivity index (χ4n) is 2.64. The zero-order valence-electron chi connectivity index (χ0n) is 12.4. The molecule has 0 aliphatic heterocycles. The maximum absolute atomic E-state index is 3.75. The molecule has 0 aliphatic rings. The van der Waals surface area contributed by atoms with Crippen molar-refractivity contribution in [1.29, 1.82) is 0 Å². The highest BCUT2D eigenvalue weighted by atomic mass is 79.9. The lowest BCUT2D eigenvalue weighted by molar-refractivity contribution is 0.455. The fraction of sp³-hybridized carbons (Fsp3) is 0.333. The molecule has 0 saturated carbocycles. The van der Waals surface area contributed by atoms with Crippen LogP contribution < -0.4 is 5.32 Å². The van der Waals surface area contributed by atoms with E-state index in [9.17, 15) is 0 Å². The molecular formula is C18H22BrN. The van der Waals surface area contributed by atoms with E-state index in [0.29, 0.717) is 12.1 Å². The summed E-state index contributed by atoms with van der Waals surface area (Å²) in [6, 6.07) is 17.9. The second-order valence-electron chi connectivity index (χ2n) is 5.26. The summed E-state index contributed by atoms with van der Waals surface area (Å²) in [5.41, 5.74) is 4.06. The zero-order valence-corrected chi connectivity index (χ0v) is 13.9. The third kappa shape index (κ3) is 3.71. The van der Waals surface area contributed by atoms with E-state index in [0.717, 1.165) is 10.9 Å². The van der Waals surface area contributed by atoms with Crippen LogP contribution in [0.25, 0.3) is 0 Å². The average Bonchev–Trinajstić information content (AvgIpc) is 2.45. The Bertz CT molecular complexity index is 565. The number of rotatable bonds is 5. The smallest absolute Gasteiger partial charge is 0.0323 e. The van der Waals surface area contributed by atoms with E-state index in [1.807, 2.05) is 0 Å². The summed E-state index contributed by atoms with van der Waals surface area (Å²) in [5.74, 6) is 0. The van der Waals surface area contributed by atoms with Gasteiger partial charge in [0.05, 0.1) is 0 Å². The third-order valence-electron chi connectivity index (χ3n) is 3.77. The number of benzene rings is 2. The molecule has 0 bridgehead atoms. The van der Waals surface area contributed by atoms with Crippen molar-refractivity contribution in [3.05, 3.63) is 69.7 Å². The van der Waals surface area contributed by atoms with Gasteiger partial charge in [-0.1, -0.05) is 59.3 Å². The molecule has 0 heterocycles. The first-order valence-electron chi connectivity index (χ1n) is 7.19. The van der Waals surface area contributed by atoms with Crippen LogP contribution in [0.2, 0.25) is 0 Å². The van der Waals surface area contributed by atoms with Gasteiger partial charge in [0.25, 0.3) is 0 Å². The molecule has 0 amide bonds. The maximum Gasteiger partial charge on any atom is 0.0323 e. The SMILES string of the molecule is CCC(NC(C)c1ccccc1C)c1cccc(Br)c1. The molecule has 106 valence electrons. The van der Waals surface area contributed by atoms with Gasteiger partial charge < -0.3 is 5.32 Å². The summed E-state index contributed by atoms with van der Waals surface area (Å²) in [6.45, 7) is 6.64. The Hall–Kier alpha value is -1.12. The number of aryl methyl sites for hydroxylation is 1. The van der Waals surface area contributed by atoms with Crippen molar-refractivity contribution in [1.82, 2.24) is 5.32 Å². The Morgan fingerprint density at radius 1 is 1.10 bits per heavy atom. The summed E-state index contributed by atoms with van der Waals surface area (Å²) in [6.07, 6.45) is 1.08. The molecule has 2 unspecified atom stereocenters.